The molecule has 2 fully saturated rings. The molecule has 2 aromatic carbocycles. The van der Waals surface area contributed by atoms with Gasteiger partial charge in [0.1, 0.15) is 17.3 Å². The first kappa shape index (κ1) is 24.5. The minimum absolute atomic E-state index is 0.00579. The lowest BCUT2D eigenvalue weighted by Gasteiger charge is -2.32. The second-order valence-electron chi connectivity index (χ2n) is 9.67. The molecule has 0 heterocycles. The Bertz CT molecular complexity index is 1240. The van der Waals surface area contributed by atoms with Gasteiger partial charge in [0, 0.05) is 24.3 Å². The minimum atomic E-state index is -4.21. The van der Waals surface area contributed by atoms with Crippen molar-refractivity contribution in [1.29, 1.82) is 0 Å². The summed E-state index contributed by atoms with van der Waals surface area (Å²) in [7, 11) is 0.0232. The largest absolute Gasteiger partial charge is 0.496 e. The quantitative estimate of drug-likeness (QED) is 0.520. The molecule has 2 aromatic rings. The average molecular weight is 490 g/mol. The van der Waals surface area contributed by atoms with Crippen molar-refractivity contribution in [1.82, 2.24) is 5.06 Å². The number of fused-ring (bicyclic) bond motifs is 3. The Morgan fingerprint density at radius 3 is 2.50 bits per heavy atom. The lowest BCUT2D eigenvalue weighted by molar-refractivity contribution is -0.127. The highest BCUT2D eigenvalue weighted by Crippen LogP contribution is 2.59. The molecular weight excluding hydrogens is 458 g/mol. The number of benzene rings is 2. The van der Waals surface area contributed by atoms with Gasteiger partial charge in [0.25, 0.3) is 16.0 Å². The number of nitrogens with zero attached hydrogens (tertiary/aromatic N) is 1. The fraction of sp³-hybridized carbons (Fsp3) is 0.520. The van der Waals surface area contributed by atoms with E-state index in [1.165, 1.54) is 14.2 Å². The van der Waals surface area contributed by atoms with Gasteiger partial charge >= 0.3 is 0 Å². The van der Waals surface area contributed by atoms with E-state index >= 15 is 0 Å². The molecule has 9 heteroatoms. The molecular formula is C25H31NO7S. The van der Waals surface area contributed by atoms with Crippen LogP contribution in [-0.4, -0.2) is 52.2 Å². The highest BCUT2D eigenvalue weighted by atomic mass is 32.2. The molecule has 8 nitrogen and oxygen atoms in total. The van der Waals surface area contributed by atoms with Gasteiger partial charge in [-0.2, -0.15) is 8.42 Å². The molecule has 0 aliphatic heterocycles. The summed E-state index contributed by atoms with van der Waals surface area (Å²) >= 11 is 0. The standard InChI is InChI=1S/C25H31NO7S/c1-15(2)23-17-9-10-25(23,22(27)12-17)14-34(29,30)33-26(3)24(28)19-11-16-7-6-8-20(31-4)18(16)13-21(19)32-5/h6-8,11,13,15,17,23H,9-10,12,14H2,1-5H3. The van der Waals surface area contributed by atoms with Crippen molar-refractivity contribution in [2.24, 2.45) is 23.2 Å². The van der Waals surface area contributed by atoms with Crippen molar-refractivity contribution < 1.29 is 31.8 Å². The molecule has 2 bridgehead atoms. The maximum absolute atomic E-state index is 13.2. The predicted octanol–water partition coefficient (Wildman–Crippen LogP) is 3.83. The van der Waals surface area contributed by atoms with Crippen LogP contribution in [0.2, 0.25) is 0 Å². The zero-order valence-corrected chi connectivity index (χ0v) is 21.0. The molecule has 2 aliphatic carbocycles. The zero-order valence-electron chi connectivity index (χ0n) is 20.2. The molecule has 1 amide bonds. The van der Waals surface area contributed by atoms with Crippen LogP contribution in [0.3, 0.4) is 0 Å². The molecule has 0 spiro atoms. The number of hydroxylamine groups is 2. The van der Waals surface area contributed by atoms with E-state index in [-0.39, 0.29) is 34.8 Å². The van der Waals surface area contributed by atoms with Gasteiger partial charge in [0.05, 0.1) is 25.5 Å². The van der Waals surface area contributed by atoms with Gasteiger partial charge in [0.2, 0.25) is 0 Å². The summed E-state index contributed by atoms with van der Waals surface area (Å²) in [5.41, 5.74) is -0.782. The molecule has 0 saturated heterocycles. The molecule has 0 radical (unpaired) electrons. The third-order valence-corrected chi connectivity index (χ3v) is 8.70. The van der Waals surface area contributed by atoms with Gasteiger partial charge in [-0.05, 0) is 54.2 Å². The van der Waals surface area contributed by atoms with E-state index in [2.05, 4.69) is 0 Å². The Morgan fingerprint density at radius 2 is 1.88 bits per heavy atom. The first-order valence-corrected chi connectivity index (χ1v) is 13.0. The average Bonchev–Trinajstić information content (AvgIpc) is 3.27. The van der Waals surface area contributed by atoms with E-state index in [9.17, 15) is 18.0 Å². The number of ketones is 1. The Balaban J connectivity index is 1.59. The molecule has 4 rings (SSSR count). The number of rotatable bonds is 8. The second kappa shape index (κ2) is 8.85. The number of carbonyl (C=O) groups excluding carboxylic acids is 2. The summed E-state index contributed by atoms with van der Waals surface area (Å²) in [6.07, 6.45) is 1.81. The third kappa shape index (κ3) is 4.05. The van der Waals surface area contributed by atoms with Crippen molar-refractivity contribution in [2.75, 3.05) is 27.0 Å². The normalized spacial score (nSPS) is 24.1. The van der Waals surface area contributed by atoms with Gasteiger partial charge in [-0.25, -0.2) is 5.06 Å². The van der Waals surface area contributed by atoms with E-state index in [0.29, 0.717) is 23.7 Å². The highest BCUT2D eigenvalue weighted by Gasteiger charge is 2.61. The number of hydrogen-bond donors (Lipinski definition) is 0. The number of ether oxygens (including phenoxy) is 2. The SMILES string of the molecule is COc1cc2c(OC)cccc2cc1C(=O)N(C)OS(=O)(=O)CC12CCC(CC1=O)C2C(C)C. The van der Waals surface area contributed by atoms with Crippen molar-refractivity contribution in [2.45, 2.75) is 33.1 Å². The summed E-state index contributed by atoms with van der Waals surface area (Å²) in [5.74, 6) is 0.207. The molecule has 2 saturated carbocycles. The fourth-order valence-corrected chi connectivity index (χ4v) is 7.76. The number of carbonyl (C=O) groups is 2. The molecule has 3 atom stereocenters. The van der Waals surface area contributed by atoms with Gasteiger partial charge in [0.15, 0.2) is 0 Å². The van der Waals surface area contributed by atoms with Crippen LogP contribution >= 0.6 is 0 Å². The summed E-state index contributed by atoms with van der Waals surface area (Å²) in [6.45, 7) is 4.06. The molecule has 34 heavy (non-hydrogen) atoms. The summed E-state index contributed by atoms with van der Waals surface area (Å²) in [6, 6.07) is 8.70. The van der Waals surface area contributed by atoms with Gasteiger partial charge in [-0.15, -0.1) is 4.28 Å². The van der Waals surface area contributed by atoms with E-state index in [1.807, 2.05) is 19.9 Å². The first-order valence-electron chi connectivity index (χ1n) is 11.4. The van der Waals surface area contributed by atoms with Crippen LogP contribution in [0.4, 0.5) is 0 Å². The molecule has 0 aromatic heterocycles. The summed E-state index contributed by atoms with van der Waals surface area (Å²) in [5, 5.41) is 2.18. The van der Waals surface area contributed by atoms with E-state index < -0.39 is 27.2 Å². The number of methoxy groups -OCH3 is 2. The summed E-state index contributed by atoms with van der Waals surface area (Å²) < 4.78 is 42.1. The van der Waals surface area contributed by atoms with Crippen LogP contribution < -0.4 is 9.47 Å². The van der Waals surface area contributed by atoms with E-state index in [4.69, 9.17) is 13.8 Å². The van der Waals surface area contributed by atoms with Crippen LogP contribution in [0.1, 0.15) is 43.5 Å². The Morgan fingerprint density at radius 1 is 1.18 bits per heavy atom. The predicted molar refractivity (Wildman–Crippen MR) is 127 cm³/mol. The van der Waals surface area contributed by atoms with Crippen molar-refractivity contribution in [3.05, 3.63) is 35.9 Å². The van der Waals surface area contributed by atoms with Gasteiger partial charge < -0.3 is 9.47 Å². The maximum Gasteiger partial charge on any atom is 0.289 e. The van der Waals surface area contributed by atoms with Gasteiger partial charge in [-0.1, -0.05) is 26.0 Å². The molecule has 3 unspecified atom stereocenters. The minimum Gasteiger partial charge on any atom is -0.496 e. The van der Waals surface area contributed by atoms with Crippen LogP contribution in [0.25, 0.3) is 10.8 Å². The Kier molecular flexibility index (Phi) is 6.37. The lowest BCUT2D eigenvalue weighted by Crippen LogP contribution is -2.42. The third-order valence-electron chi connectivity index (χ3n) is 7.38. The highest BCUT2D eigenvalue weighted by molar-refractivity contribution is 7.86. The first-order chi connectivity index (χ1) is 16.0. The second-order valence-corrected chi connectivity index (χ2v) is 11.2. The van der Waals surface area contributed by atoms with Crippen LogP contribution in [0.5, 0.6) is 11.5 Å². The Labute approximate surface area is 200 Å². The van der Waals surface area contributed by atoms with E-state index in [0.717, 1.165) is 17.2 Å². The topological polar surface area (TPSA) is 99.2 Å². The Hall–Kier alpha value is -2.65. The molecule has 2 aliphatic rings. The van der Waals surface area contributed by atoms with E-state index in [1.54, 1.807) is 31.4 Å². The monoisotopic (exact) mass is 489 g/mol. The van der Waals surface area contributed by atoms with Crippen LogP contribution in [-0.2, 0) is 19.2 Å². The van der Waals surface area contributed by atoms with Crippen LogP contribution in [0.15, 0.2) is 30.3 Å². The number of amides is 1. The lowest BCUT2D eigenvalue weighted by atomic mass is 9.75. The number of Topliss-reactive ketones (excluding diaryl/α,β-unsaturated/α-hetero) is 1. The van der Waals surface area contributed by atoms with Crippen molar-refractivity contribution >= 4 is 32.6 Å². The number of hydrogen-bond acceptors (Lipinski definition) is 7. The van der Waals surface area contributed by atoms with Gasteiger partial charge in [-0.3, -0.25) is 9.59 Å². The van der Waals surface area contributed by atoms with Crippen LogP contribution in [0, 0.1) is 23.2 Å². The molecule has 184 valence electrons. The molecule has 0 N–H and O–H groups in total. The zero-order chi connectivity index (χ0) is 24.8. The van der Waals surface area contributed by atoms with Crippen molar-refractivity contribution in [3.8, 4) is 11.5 Å². The maximum atomic E-state index is 13.2. The van der Waals surface area contributed by atoms with Crippen molar-refractivity contribution in [3.63, 3.8) is 0 Å². The smallest absolute Gasteiger partial charge is 0.289 e. The fourth-order valence-electron chi connectivity index (χ4n) is 6.17. The summed E-state index contributed by atoms with van der Waals surface area (Å²) in [4.78, 5) is 26.0.